The Labute approximate surface area is 164 Å². The minimum atomic E-state index is -0.126. The topological polar surface area (TPSA) is 74.7 Å². The summed E-state index contributed by atoms with van der Waals surface area (Å²) < 4.78 is 1.87. The fourth-order valence-electron chi connectivity index (χ4n) is 3.96. The molecule has 0 spiro atoms. The van der Waals surface area contributed by atoms with E-state index in [0.717, 1.165) is 24.1 Å². The Morgan fingerprint density at radius 2 is 1.79 bits per heavy atom. The van der Waals surface area contributed by atoms with Crippen molar-refractivity contribution in [1.29, 1.82) is 0 Å². The Balaban J connectivity index is 1.39. The van der Waals surface area contributed by atoms with Crippen LogP contribution in [0, 0.1) is 0 Å². The van der Waals surface area contributed by atoms with Gasteiger partial charge < -0.3 is 19.7 Å². The minimum absolute atomic E-state index is 0.00689. The van der Waals surface area contributed by atoms with Crippen molar-refractivity contribution in [2.75, 3.05) is 32.7 Å². The molecule has 4 heterocycles. The summed E-state index contributed by atoms with van der Waals surface area (Å²) in [6.07, 6.45) is 9.66. The van der Waals surface area contributed by atoms with Crippen LogP contribution in [-0.2, 0) is 11.3 Å². The van der Waals surface area contributed by atoms with Crippen LogP contribution in [0.1, 0.15) is 34.2 Å². The summed E-state index contributed by atoms with van der Waals surface area (Å²) >= 11 is 0. The van der Waals surface area contributed by atoms with E-state index >= 15 is 0 Å². The van der Waals surface area contributed by atoms with Crippen molar-refractivity contribution in [3.63, 3.8) is 0 Å². The van der Waals surface area contributed by atoms with Gasteiger partial charge in [-0.25, -0.2) is 0 Å². The number of nitrogens with zero attached hydrogens (tertiary/aromatic N) is 3. The van der Waals surface area contributed by atoms with Crippen molar-refractivity contribution in [2.45, 2.75) is 19.9 Å². The van der Waals surface area contributed by atoms with Gasteiger partial charge in [-0.1, -0.05) is 18.2 Å². The van der Waals surface area contributed by atoms with Crippen molar-refractivity contribution >= 4 is 17.7 Å². The van der Waals surface area contributed by atoms with Gasteiger partial charge in [0.05, 0.1) is 5.56 Å². The SMILES string of the molecule is C/C=C/C=C/C(=O)N1CC2=C(C1)CN(C(=O)c1cc3n(c1)CCCNC3=O)C2. The first kappa shape index (κ1) is 18.3. The molecular formula is C21H24N4O3. The number of allylic oxidation sites excluding steroid dienone is 3. The lowest BCUT2D eigenvalue weighted by Gasteiger charge is -2.22. The molecule has 1 aromatic rings. The first-order valence-electron chi connectivity index (χ1n) is 9.62. The third kappa shape index (κ3) is 3.40. The molecule has 1 N–H and O–H groups in total. The smallest absolute Gasteiger partial charge is 0.267 e. The van der Waals surface area contributed by atoms with Crippen molar-refractivity contribution in [1.82, 2.24) is 19.7 Å². The highest BCUT2D eigenvalue weighted by atomic mass is 16.2. The largest absolute Gasteiger partial charge is 0.351 e. The Morgan fingerprint density at radius 1 is 1.07 bits per heavy atom. The number of nitrogens with one attached hydrogen (secondary N) is 1. The molecule has 28 heavy (non-hydrogen) atoms. The first-order valence-corrected chi connectivity index (χ1v) is 9.62. The zero-order valence-electron chi connectivity index (χ0n) is 16.0. The minimum Gasteiger partial charge on any atom is -0.351 e. The highest BCUT2D eigenvalue weighted by Gasteiger charge is 2.34. The third-order valence-corrected chi connectivity index (χ3v) is 5.41. The molecule has 4 rings (SSSR count). The molecule has 0 aromatic carbocycles. The normalized spacial score (nSPS) is 19.4. The maximum absolute atomic E-state index is 12.9. The molecule has 146 valence electrons. The zero-order valence-corrected chi connectivity index (χ0v) is 16.0. The van der Waals surface area contributed by atoms with E-state index < -0.39 is 0 Å². The summed E-state index contributed by atoms with van der Waals surface area (Å²) in [5.41, 5.74) is 3.40. The van der Waals surface area contributed by atoms with Crippen LogP contribution < -0.4 is 5.32 Å². The molecule has 0 bridgehead atoms. The van der Waals surface area contributed by atoms with E-state index in [1.807, 2.05) is 23.6 Å². The Morgan fingerprint density at radius 3 is 2.50 bits per heavy atom. The molecule has 0 aliphatic carbocycles. The number of carbonyl (C=O) groups excluding carboxylic acids is 3. The number of hydrogen-bond donors (Lipinski definition) is 1. The molecule has 0 fully saturated rings. The summed E-state index contributed by atoms with van der Waals surface area (Å²) in [5.74, 6) is -0.195. The fraction of sp³-hybridized carbons (Fsp3) is 0.381. The van der Waals surface area contributed by atoms with E-state index in [-0.39, 0.29) is 17.7 Å². The summed E-state index contributed by atoms with van der Waals surface area (Å²) in [4.78, 5) is 40.9. The van der Waals surface area contributed by atoms with Gasteiger partial charge in [-0.3, -0.25) is 14.4 Å². The van der Waals surface area contributed by atoms with Gasteiger partial charge in [0.15, 0.2) is 0 Å². The van der Waals surface area contributed by atoms with Crippen LogP contribution in [0.4, 0.5) is 0 Å². The quantitative estimate of drug-likeness (QED) is 0.489. The van der Waals surface area contributed by atoms with Crippen molar-refractivity contribution < 1.29 is 14.4 Å². The van der Waals surface area contributed by atoms with Gasteiger partial charge in [0, 0.05) is 51.5 Å². The summed E-state index contributed by atoms with van der Waals surface area (Å²) in [6.45, 7) is 5.54. The molecule has 0 unspecified atom stereocenters. The van der Waals surface area contributed by atoms with Crippen molar-refractivity contribution in [3.8, 4) is 0 Å². The lowest BCUT2D eigenvalue weighted by atomic mass is 10.2. The van der Waals surface area contributed by atoms with Crippen LogP contribution in [-0.4, -0.2) is 64.8 Å². The van der Waals surface area contributed by atoms with Gasteiger partial charge in [-0.05, 0) is 30.6 Å². The number of aryl methyl sites for hydroxylation is 1. The Kier molecular flexibility index (Phi) is 4.90. The van der Waals surface area contributed by atoms with Gasteiger partial charge in [0.2, 0.25) is 5.91 Å². The van der Waals surface area contributed by atoms with Crippen LogP contribution >= 0.6 is 0 Å². The molecule has 7 nitrogen and oxygen atoms in total. The van der Waals surface area contributed by atoms with Crippen LogP contribution in [0.25, 0.3) is 0 Å². The Hall–Kier alpha value is -3.09. The Bertz CT molecular complexity index is 904. The number of amides is 3. The van der Waals surface area contributed by atoms with Crippen LogP contribution in [0.3, 0.4) is 0 Å². The second-order valence-corrected chi connectivity index (χ2v) is 7.36. The summed E-state index contributed by atoms with van der Waals surface area (Å²) in [6, 6.07) is 1.69. The molecular weight excluding hydrogens is 356 g/mol. The van der Waals surface area contributed by atoms with E-state index in [0.29, 0.717) is 44.0 Å². The summed E-state index contributed by atoms with van der Waals surface area (Å²) in [7, 11) is 0. The van der Waals surface area contributed by atoms with E-state index in [4.69, 9.17) is 0 Å². The maximum Gasteiger partial charge on any atom is 0.267 e. The molecule has 0 saturated carbocycles. The zero-order chi connectivity index (χ0) is 19.7. The average Bonchev–Trinajstić information content (AvgIpc) is 3.35. The molecule has 3 amide bonds. The van der Waals surface area contributed by atoms with Crippen molar-refractivity contribution in [2.24, 2.45) is 0 Å². The van der Waals surface area contributed by atoms with Gasteiger partial charge >= 0.3 is 0 Å². The van der Waals surface area contributed by atoms with Crippen LogP contribution in [0.5, 0.6) is 0 Å². The molecule has 0 atom stereocenters. The highest BCUT2D eigenvalue weighted by Crippen LogP contribution is 2.27. The highest BCUT2D eigenvalue weighted by molar-refractivity contribution is 6.00. The molecule has 1 aromatic heterocycles. The number of hydrogen-bond acceptors (Lipinski definition) is 3. The molecule has 0 saturated heterocycles. The predicted molar refractivity (Wildman–Crippen MR) is 105 cm³/mol. The molecule has 3 aliphatic heterocycles. The third-order valence-electron chi connectivity index (χ3n) is 5.41. The number of fused-ring (bicyclic) bond motifs is 1. The second kappa shape index (κ2) is 7.50. The van der Waals surface area contributed by atoms with Gasteiger partial charge in [0.25, 0.3) is 11.8 Å². The van der Waals surface area contributed by atoms with E-state index in [9.17, 15) is 14.4 Å². The van der Waals surface area contributed by atoms with Gasteiger partial charge in [0.1, 0.15) is 5.69 Å². The summed E-state index contributed by atoms with van der Waals surface area (Å²) in [5, 5.41) is 2.85. The molecule has 0 radical (unpaired) electrons. The molecule has 3 aliphatic rings. The van der Waals surface area contributed by atoms with Crippen LogP contribution in [0.2, 0.25) is 0 Å². The van der Waals surface area contributed by atoms with Gasteiger partial charge in [-0.2, -0.15) is 0 Å². The lowest BCUT2D eigenvalue weighted by molar-refractivity contribution is -0.124. The van der Waals surface area contributed by atoms with Crippen LogP contribution in [0.15, 0.2) is 47.7 Å². The number of aromatic nitrogens is 1. The van der Waals surface area contributed by atoms with E-state index in [1.54, 1.807) is 34.2 Å². The monoisotopic (exact) mass is 380 g/mol. The van der Waals surface area contributed by atoms with E-state index in [2.05, 4.69) is 5.32 Å². The van der Waals surface area contributed by atoms with Crippen molar-refractivity contribution in [3.05, 3.63) is 59.0 Å². The predicted octanol–water partition coefficient (Wildman–Crippen LogP) is 1.35. The maximum atomic E-state index is 12.9. The standard InChI is InChI=1S/C21H24N4O3/c1-2-3-4-6-19(26)24-11-16-13-25(14-17(16)12-24)21(28)15-9-18-20(27)22-7-5-8-23(18)10-15/h2-4,6,9-10H,5,7-8,11-14H2,1H3,(H,22,27)/b3-2+,6-4+. The second-order valence-electron chi connectivity index (χ2n) is 7.36. The fourth-order valence-corrected chi connectivity index (χ4v) is 3.96. The lowest BCUT2D eigenvalue weighted by Crippen LogP contribution is -2.35. The molecule has 7 heteroatoms. The average molecular weight is 380 g/mol. The number of carbonyl (C=O) groups is 3. The van der Waals surface area contributed by atoms with Gasteiger partial charge in [-0.15, -0.1) is 0 Å². The first-order chi connectivity index (χ1) is 13.6. The number of rotatable bonds is 3. The van der Waals surface area contributed by atoms with E-state index in [1.165, 1.54) is 0 Å².